The Hall–Kier alpha value is -2.63. The number of benzene rings is 1. The lowest BCUT2D eigenvalue weighted by atomic mass is 10.1. The van der Waals surface area contributed by atoms with E-state index in [1.165, 1.54) is 25.7 Å². The number of hydrogen-bond acceptors (Lipinski definition) is 5. The lowest BCUT2D eigenvalue weighted by Crippen LogP contribution is -2.14. The number of carbonyl (C=O) groups excluding carboxylic acids is 1. The highest BCUT2D eigenvalue weighted by Crippen LogP contribution is 2.29. The van der Waals surface area contributed by atoms with Crippen LogP contribution in [0.3, 0.4) is 0 Å². The molecule has 3 aromatic rings. The Balaban J connectivity index is 1.92. The first-order valence-electron chi connectivity index (χ1n) is 11.3. The fourth-order valence-corrected chi connectivity index (χ4v) is 3.60. The molecule has 0 unspecified atom stereocenters. The molecule has 0 radical (unpaired) electrons. The molecule has 30 heavy (non-hydrogen) atoms. The number of para-hydroxylation sites is 2. The van der Waals surface area contributed by atoms with Crippen LogP contribution >= 0.6 is 0 Å². The number of rotatable bonds is 11. The maximum Gasteiger partial charge on any atom is 0.344 e. The maximum atomic E-state index is 12.9. The molecular weight excluding hydrogens is 376 g/mol. The van der Waals surface area contributed by atoms with E-state index in [0.717, 1.165) is 36.8 Å². The van der Waals surface area contributed by atoms with Gasteiger partial charge in [-0.2, -0.15) is 0 Å². The topological polar surface area (TPSA) is 83.0 Å². The second-order valence-corrected chi connectivity index (χ2v) is 8.18. The molecule has 0 saturated heterocycles. The molecule has 1 atom stereocenters. The predicted octanol–water partition coefficient (Wildman–Crippen LogP) is 5.73. The minimum absolute atomic E-state index is 0.304. The van der Waals surface area contributed by atoms with Crippen LogP contribution in [0.4, 0.5) is 5.82 Å². The normalized spacial score (nSPS) is 12.5. The molecule has 2 heterocycles. The molecule has 0 saturated carbocycles. The van der Waals surface area contributed by atoms with Gasteiger partial charge < -0.3 is 15.0 Å². The first-order valence-corrected chi connectivity index (χ1v) is 11.3. The fourth-order valence-electron chi connectivity index (χ4n) is 3.60. The highest BCUT2D eigenvalue weighted by molar-refractivity contribution is 6.08. The molecule has 6 heteroatoms. The van der Waals surface area contributed by atoms with Gasteiger partial charge in [0, 0.05) is 6.54 Å². The summed E-state index contributed by atoms with van der Waals surface area (Å²) in [5.74, 6) is 0.297. The molecule has 0 spiro atoms. The van der Waals surface area contributed by atoms with Crippen LogP contribution in [0.25, 0.3) is 22.2 Å². The summed E-state index contributed by atoms with van der Waals surface area (Å²) in [5, 5.41) is 0. The van der Waals surface area contributed by atoms with Crippen molar-refractivity contribution in [3.63, 3.8) is 0 Å². The highest BCUT2D eigenvalue weighted by Gasteiger charge is 2.25. The molecule has 3 rings (SSSR count). The van der Waals surface area contributed by atoms with Gasteiger partial charge in [0.2, 0.25) is 0 Å². The number of carbonyl (C=O) groups is 1. The molecule has 0 aliphatic carbocycles. The number of anilines is 1. The van der Waals surface area contributed by atoms with E-state index in [0.29, 0.717) is 35.1 Å². The van der Waals surface area contributed by atoms with Gasteiger partial charge in [-0.15, -0.1) is 0 Å². The summed E-state index contributed by atoms with van der Waals surface area (Å²) >= 11 is 0. The van der Waals surface area contributed by atoms with Crippen LogP contribution in [0.5, 0.6) is 0 Å². The van der Waals surface area contributed by atoms with Crippen molar-refractivity contribution >= 4 is 34.0 Å². The number of nitrogen functional groups attached to an aromatic ring is 1. The van der Waals surface area contributed by atoms with Crippen LogP contribution < -0.4 is 5.73 Å². The maximum absolute atomic E-state index is 12.9. The van der Waals surface area contributed by atoms with Gasteiger partial charge in [-0.25, -0.2) is 14.8 Å². The fraction of sp³-hybridized carbons (Fsp3) is 0.542. The molecule has 0 amide bonds. The lowest BCUT2D eigenvalue weighted by Gasteiger charge is -2.10. The van der Waals surface area contributed by atoms with Crippen LogP contribution in [-0.2, 0) is 11.3 Å². The molecule has 0 bridgehead atoms. The Morgan fingerprint density at radius 2 is 1.73 bits per heavy atom. The molecule has 0 aliphatic rings. The molecule has 0 aliphatic heterocycles. The lowest BCUT2D eigenvalue weighted by molar-refractivity contribution is 0.0450. The standard InChI is InChI=1S/C24H34N4O2/c1-4-6-7-8-9-12-15-28-22(25)20(24(29)30-16-17(3)5-2)21-23(28)27-19-14-11-10-13-18(19)26-21/h10-11,13-14,17H,4-9,12,15-16,25H2,1-3H3/t17-/m1/s1. The van der Waals surface area contributed by atoms with E-state index in [1.54, 1.807) is 0 Å². The number of esters is 1. The highest BCUT2D eigenvalue weighted by atomic mass is 16.5. The molecule has 6 nitrogen and oxygen atoms in total. The van der Waals surface area contributed by atoms with E-state index in [4.69, 9.17) is 20.4 Å². The Kier molecular flexibility index (Phi) is 7.66. The Bertz CT molecular complexity index is 996. The summed E-state index contributed by atoms with van der Waals surface area (Å²) in [6.07, 6.45) is 8.06. The van der Waals surface area contributed by atoms with Crippen molar-refractivity contribution in [3.05, 3.63) is 29.8 Å². The second-order valence-electron chi connectivity index (χ2n) is 8.18. The zero-order valence-corrected chi connectivity index (χ0v) is 18.5. The molecule has 162 valence electrons. The number of nitrogens with two attached hydrogens (primary N) is 1. The third-order valence-electron chi connectivity index (χ3n) is 5.73. The predicted molar refractivity (Wildman–Crippen MR) is 123 cm³/mol. The molecule has 1 aromatic carbocycles. The van der Waals surface area contributed by atoms with E-state index in [1.807, 2.05) is 28.8 Å². The molecule has 2 N–H and O–H groups in total. The van der Waals surface area contributed by atoms with Gasteiger partial charge in [0.25, 0.3) is 0 Å². The largest absolute Gasteiger partial charge is 0.462 e. The van der Waals surface area contributed by atoms with Crippen LogP contribution in [0.15, 0.2) is 24.3 Å². The first kappa shape index (κ1) is 22.1. The summed E-state index contributed by atoms with van der Waals surface area (Å²) in [7, 11) is 0. The SMILES string of the molecule is CCCCCCCCn1c(N)c(C(=O)OC[C@H](C)CC)c2nc3ccccc3nc21. The number of hydrogen-bond donors (Lipinski definition) is 1. The van der Waals surface area contributed by atoms with Gasteiger partial charge in [-0.1, -0.05) is 71.4 Å². The van der Waals surface area contributed by atoms with Crippen molar-refractivity contribution in [2.24, 2.45) is 5.92 Å². The summed E-state index contributed by atoms with van der Waals surface area (Å²) in [5.41, 5.74) is 9.55. The van der Waals surface area contributed by atoms with Crippen LogP contribution in [-0.4, -0.2) is 27.1 Å². The van der Waals surface area contributed by atoms with Crippen molar-refractivity contribution in [2.45, 2.75) is 72.3 Å². The average molecular weight is 411 g/mol. The number of ether oxygens (including phenoxy) is 1. The van der Waals surface area contributed by atoms with Crippen molar-refractivity contribution in [1.29, 1.82) is 0 Å². The quantitative estimate of drug-likeness (QED) is 0.322. The van der Waals surface area contributed by atoms with Gasteiger partial charge in [-0.3, -0.25) is 0 Å². The van der Waals surface area contributed by atoms with Crippen LogP contribution in [0, 0.1) is 5.92 Å². The summed E-state index contributed by atoms with van der Waals surface area (Å²) in [6, 6.07) is 7.69. The average Bonchev–Trinajstić information content (AvgIpc) is 3.03. The van der Waals surface area contributed by atoms with Gasteiger partial charge in [0.1, 0.15) is 16.9 Å². The zero-order chi connectivity index (χ0) is 21.5. The Morgan fingerprint density at radius 3 is 2.43 bits per heavy atom. The monoisotopic (exact) mass is 410 g/mol. The van der Waals surface area contributed by atoms with E-state index in [9.17, 15) is 4.79 Å². The van der Waals surface area contributed by atoms with E-state index in [-0.39, 0.29) is 0 Å². The van der Waals surface area contributed by atoms with Gasteiger partial charge in [0.05, 0.1) is 17.6 Å². The first-order chi connectivity index (χ1) is 14.6. The van der Waals surface area contributed by atoms with Crippen molar-refractivity contribution < 1.29 is 9.53 Å². The van der Waals surface area contributed by atoms with Gasteiger partial charge in [0.15, 0.2) is 5.65 Å². The number of aryl methyl sites for hydroxylation is 1. The Labute approximate surface area is 178 Å². The number of nitrogens with zero attached hydrogens (tertiary/aromatic N) is 3. The second kappa shape index (κ2) is 10.4. The summed E-state index contributed by atoms with van der Waals surface area (Å²) < 4.78 is 7.50. The van der Waals surface area contributed by atoms with E-state index in [2.05, 4.69) is 20.8 Å². The number of fused-ring (bicyclic) bond motifs is 2. The molecule has 0 fully saturated rings. The smallest absolute Gasteiger partial charge is 0.344 e. The van der Waals surface area contributed by atoms with Crippen LogP contribution in [0.1, 0.15) is 76.1 Å². The molecule has 2 aromatic heterocycles. The van der Waals surface area contributed by atoms with Crippen molar-refractivity contribution in [2.75, 3.05) is 12.3 Å². The minimum Gasteiger partial charge on any atom is -0.462 e. The zero-order valence-electron chi connectivity index (χ0n) is 18.5. The van der Waals surface area contributed by atoms with E-state index < -0.39 is 5.97 Å². The Morgan fingerprint density at radius 1 is 1.07 bits per heavy atom. The number of aromatic nitrogens is 3. The van der Waals surface area contributed by atoms with Gasteiger partial charge >= 0.3 is 5.97 Å². The third kappa shape index (κ3) is 4.91. The minimum atomic E-state index is -0.413. The third-order valence-corrected chi connectivity index (χ3v) is 5.73. The molecular formula is C24H34N4O2. The number of unbranched alkanes of at least 4 members (excludes halogenated alkanes) is 5. The summed E-state index contributed by atoms with van der Waals surface area (Å²) in [4.78, 5) is 22.4. The van der Waals surface area contributed by atoms with Gasteiger partial charge in [-0.05, 0) is 24.5 Å². The van der Waals surface area contributed by atoms with E-state index >= 15 is 0 Å². The summed E-state index contributed by atoms with van der Waals surface area (Å²) in [6.45, 7) is 7.46. The van der Waals surface area contributed by atoms with Crippen molar-refractivity contribution in [3.8, 4) is 0 Å². The van der Waals surface area contributed by atoms with Crippen LogP contribution in [0.2, 0.25) is 0 Å². The van der Waals surface area contributed by atoms with Crippen molar-refractivity contribution in [1.82, 2.24) is 14.5 Å².